The maximum absolute atomic E-state index is 12.4. The minimum atomic E-state index is -3.54. The molecule has 1 N–H and O–H groups in total. The third kappa shape index (κ3) is 2.86. The Morgan fingerprint density at radius 2 is 2.29 bits per heavy atom. The number of nitrogens with zero attached hydrogens (tertiary/aromatic N) is 3. The summed E-state index contributed by atoms with van der Waals surface area (Å²) in [5.74, 6) is 0.385. The molecule has 114 valence electrons. The van der Waals surface area contributed by atoms with Gasteiger partial charge in [0.05, 0.1) is 23.0 Å². The third-order valence-electron chi connectivity index (χ3n) is 3.72. The lowest BCUT2D eigenvalue weighted by atomic mass is 10.0. The van der Waals surface area contributed by atoms with Crippen LogP contribution in [0.4, 0.5) is 5.69 Å². The summed E-state index contributed by atoms with van der Waals surface area (Å²) in [6.07, 6.45) is 3.40. The molecule has 8 heteroatoms. The number of aryl methyl sites for hydroxylation is 1. The molecule has 0 aromatic carbocycles. The summed E-state index contributed by atoms with van der Waals surface area (Å²) in [6.45, 7) is 4.97. The first kappa shape index (κ1) is 14.3. The van der Waals surface area contributed by atoms with Gasteiger partial charge in [-0.3, -0.25) is 4.72 Å². The van der Waals surface area contributed by atoms with Crippen molar-refractivity contribution in [3.05, 3.63) is 18.0 Å². The lowest BCUT2D eigenvalue weighted by molar-refractivity contribution is 0.282. The van der Waals surface area contributed by atoms with Crippen molar-refractivity contribution in [2.45, 2.75) is 26.7 Å². The van der Waals surface area contributed by atoms with Crippen molar-refractivity contribution < 1.29 is 12.9 Å². The van der Waals surface area contributed by atoms with E-state index in [4.69, 9.17) is 4.52 Å². The van der Waals surface area contributed by atoms with Crippen LogP contribution in [0.15, 0.2) is 16.8 Å². The van der Waals surface area contributed by atoms with Gasteiger partial charge in [-0.2, -0.15) is 12.7 Å². The minimum absolute atomic E-state index is 0.385. The summed E-state index contributed by atoms with van der Waals surface area (Å²) in [6, 6.07) is 1.69. The van der Waals surface area contributed by atoms with Crippen LogP contribution >= 0.6 is 0 Å². The maximum Gasteiger partial charge on any atom is 0.301 e. The Morgan fingerprint density at radius 3 is 3.05 bits per heavy atom. The van der Waals surface area contributed by atoms with Gasteiger partial charge in [-0.25, -0.2) is 4.98 Å². The summed E-state index contributed by atoms with van der Waals surface area (Å²) in [4.78, 5) is 4.07. The molecule has 0 unspecified atom stereocenters. The van der Waals surface area contributed by atoms with Crippen LogP contribution in [0.3, 0.4) is 0 Å². The van der Waals surface area contributed by atoms with Gasteiger partial charge in [0, 0.05) is 13.1 Å². The van der Waals surface area contributed by atoms with Crippen LogP contribution in [0.25, 0.3) is 11.1 Å². The number of fused-ring (bicyclic) bond motifs is 1. The molecule has 2 aromatic heterocycles. The molecule has 0 saturated carbocycles. The molecule has 1 saturated heterocycles. The highest BCUT2D eigenvalue weighted by Gasteiger charge is 2.27. The van der Waals surface area contributed by atoms with E-state index in [1.807, 2.05) is 0 Å². The van der Waals surface area contributed by atoms with Crippen molar-refractivity contribution in [2.24, 2.45) is 5.92 Å². The van der Waals surface area contributed by atoms with Crippen molar-refractivity contribution in [2.75, 3.05) is 17.8 Å². The second-order valence-electron chi connectivity index (χ2n) is 5.56. The van der Waals surface area contributed by atoms with E-state index < -0.39 is 10.2 Å². The lowest BCUT2D eigenvalue weighted by Gasteiger charge is -2.30. The Bertz CT molecular complexity index is 756. The Labute approximate surface area is 123 Å². The first-order valence-electron chi connectivity index (χ1n) is 6.95. The molecule has 1 aliphatic rings. The number of aromatic nitrogens is 2. The fraction of sp³-hybridized carbons (Fsp3) is 0.538. The van der Waals surface area contributed by atoms with E-state index in [-0.39, 0.29) is 0 Å². The highest BCUT2D eigenvalue weighted by atomic mass is 32.2. The fourth-order valence-electron chi connectivity index (χ4n) is 2.58. The first-order valence-corrected chi connectivity index (χ1v) is 8.39. The maximum atomic E-state index is 12.4. The smallest absolute Gasteiger partial charge is 0.301 e. The summed E-state index contributed by atoms with van der Waals surface area (Å²) < 4.78 is 33.9. The molecule has 1 fully saturated rings. The summed E-state index contributed by atoms with van der Waals surface area (Å²) in [7, 11) is -3.54. The molecule has 0 radical (unpaired) electrons. The Kier molecular flexibility index (Phi) is 3.58. The van der Waals surface area contributed by atoms with E-state index in [0.717, 1.165) is 12.8 Å². The topological polar surface area (TPSA) is 88.3 Å². The van der Waals surface area contributed by atoms with Crippen LogP contribution in [-0.2, 0) is 10.2 Å². The number of piperidine rings is 1. The lowest BCUT2D eigenvalue weighted by Crippen LogP contribution is -2.42. The van der Waals surface area contributed by atoms with Crippen molar-refractivity contribution in [3.63, 3.8) is 0 Å². The number of anilines is 1. The molecular formula is C13H18N4O3S. The van der Waals surface area contributed by atoms with Crippen LogP contribution in [0.5, 0.6) is 0 Å². The number of rotatable bonds is 3. The quantitative estimate of drug-likeness (QED) is 0.935. The molecule has 3 heterocycles. The number of hydrogen-bond acceptors (Lipinski definition) is 5. The standard InChI is InChI=1S/C13H18N4O3S/c1-9-4-3-5-17(8-9)21(18,19)16-11-6-12-10(2)15-20-13(12)14-7-11/h6-7,9,16H,3-5,8H2,1-2H3/t9-/m0/s1. The second kappa shape index (κ2) is 5.27. The Morgan fingerprint density at radius 1 is 1.48 bits per heavy atom. The largest absolute Gasteiger partial charge is 0.336 e. The first-order chi connectivity index (χ1) is 9.95. The van der Waals surface area contributed by atoms with Gasteiger partial charge in [0.25, 0.3) is 5.71 Å². The predicted molar refractivity (Wildman–Crippen MR) is 79.1 cm³/mol. The van der Waals surface area contributed by atoms with E-state index in [9.17, 15) is 8.42 Å². The molecule has 0 amide bonds. The van der Waals surface area contributed by atoms with E-state index in [2.05, 4.69) is 21.8 Å². The van der Waals surface area contributed by atoms with Crippen molar-refractivity contribution in [1.82, 2.24) is 14.4 Å². The van der Waals surface area contributed by atoms with Crippen LogP contribution in [0, 0.1) is 12.8 Å². The molecule has 21 heavy (non-hydrogen) atoms. The minimum Gasteiger partial charge on any atom is -0.336 e. The zero-order valence-electron chi connectivity index (χ0n) is 12.0. The Balaban J connectivity index is 1.84. The van der Waals surface area contributed by atoms with Crippen LogP contribution in [-0.4, -0.2) is 36.0 Å². The second-order valence-corrected chi connectivity index (χ2v) is 7.23. The van der Waals surface area contributed by atoms with Crippen LogP contribution in [0.1, 0.15) is 25.5 Å². The number of pyridine rings is 1. The van der Waals surface area contributed by atoms with Gasteiger partial charge in [-0.05, 0) is 31.7 Å². The SMILES string of the molecule is Cc1noc2ncc(NS(=O)(=O)N3CCC[C@H](C)C3)cc12. The van der Waals surface area contributed by atoms with Crippen LogP contribution < -0.4 is 4.72 Å². The molecule has 3 rings (SSSR count). The average molecular weight is 310 g/mol. The van der Waals surface area contributed by atoms with Crippen molar-refractivity contribution in [3.8, 4) is 0 Å². The molecule has 0 aliphatic carbocycles. The van der Waals surface area contributed by atoms with Gasteiger partial charge >= 0.3 is 10.2 Å². The van der Waals surface area contributed by atoms with Gasteiger partial charge < -0.3 is 4.52 Å². The highest BCUT2D eigenvalue weighted by molar-refractivity contribution is 7.90. The average Bonchev–Trinajstić information content (AvgIpc) is 2.80. The summed E-state index contributed by atoms with van der Waals surface area (Å²) in [5.41, 5.74) is 1.51. The monoisotopic (exact) mass is 310 g/mol. The predicted octanol–water partition coefficient (Wildman–Crippen LogP) is 1.92. The van der Waals surface area contributed by atoms with E-state index in [1.165, 1.54) is 10.5 Å². The van der Waals surface area contributed by atoms with E-state index in [0.29, 0.717) is 41.5 Å². The van der Waals surface area contributed by atoms with Crippen LogP contribution in [0.2, 0.25) is 0 Å². The Hall–Kier alpha value is -1.67. The number of hydrogen-bond donors (Lipinski definition) is 1. The van der Waals surface area contributed by atoms with Crippen molar-refractivity contribution >= 4 is 27.0 Å². The van der Waals surface area contributed by atoms with Gasteiger partial charge in [-0.15, -0.1) is 0 Å². The van der Waals surface area contributed by atoms with Gasteiger partial charge in [0.2, 0.25) is 0 Å². The molecule has 2 aromatic rings. The van der Waals surface area contributed by atoms with Crippen molar-refractivity contribution in [1.29, 1.82) is 0 Å². The van der Waals surface area contributed by atoms with E-state index in [1.54, 1.807) is 13.0 Å². The van der Waals surface area contributed by atoms with E-state index >= 15 is 0 Å². The molecule has 1 aliphatic heterocycles. The molecular weight excluding hydrogens is 292 g/mol. The normalized spacial score (nSPS) is 20.8. The summed E-state index contributed by atoms with van der Waals surface area (Å²) >= 11 is 0. The van der Waals surface area contributed by atoms with Gasteiger partial charge in [0.15, 0.2) is 0 Å². The fourth-order valence-corrected chi connectivity index (χ4v) is 3.94. The third-order valence-corrected chi connectivity index (χ3v) is 5.22. The zero-order chi connectivity index (χ0) is 15.0. The molecule has 0 spiro atoms. The van der Waals surface area contributed by atoms with Gasteiger partial charge in [0.1, 0.15) is 0 Å². The summed E-state index contributed by atoms with van der Waals surface area (Å²) in [5, 5.41) is 4.52. The van der Waals surface area contributed by atoms with Gasteiger partial charge in [-0.1, -0.05) is 12.1 Å². The highest BCUT2D eigenvalue weighted by Crippen LogP contribution is 2.23. The number of nitrogens with one attached hydrogen (secondary N) is 1. The molecule has 0 bridgehead atoms. The molecule has 7 nitrogen and oxygen atoms in total. The molecule has 1 atom stereocenters. The zero-order valence-corrected chi connectivity index (χ0v) is 12.9.